The zero-order valence-corrected chi connectivity index (χ0v) is 16.0. The van der Waals surface area contributed by atoms with Gasteiger partial charge in [0.15, 0.2) is 5.96 Å². The Balaban J connectivity index is 0.00000400. The van der Waals surface area contributed by atoms with Crippen LogP contribution in [0.5, 0.6) is 0 Å². The second-order valence-electron chi connectivity index (χ2n) is 4.50. The molecular formula is C14H28IN3O2S. The second kappa shape index (κ2) is 14.9. The third-order valence-electron chi connectivity index (χ3n) is 2.85. The lowest BCUT2D eigenvalue weighted by Gasteiger charge is -2.13. The number of guanidine groups is 1. The van der Waals surface area contributed by atoms with Gasteiger partial charge in [-0.15, -0.1) is 30.6 Å². The molecule has 1 aliphatic rings. The highest BCUT2D eigenvalue weighted by molar-refractivity contribution is 14.0. The zero-order valence-electron chi connectivity index (χ0n) is 12.8. The Kier molecular flexibility index (Phi) is 14.9. The smallest absolute Gasteiger partial charge is 0.191 e. The van der Waals surface area contributed by atoms with Crippen molar-refractivity contribution >= 4 is 41.7 Å². The van der Waals surface area contributed by atoms with Gasteiger partial charge in [-0.25, -0.2) is 0 Å². The number of hydrogen-bond acceptors (Lipinski definition) is 4. The summed E-state index contributed by atoms with van der Waals surface area (Å²) in [6.07, 6.45) is 4.23. The summed E-state index contributed by atoms with van der Waals surface area (Å²) in [5, 5.41) is 6.57. The van der Waals surface area contributed by atoms with Crippen LogP contribution in [0.4, 0.5) is 0 Å². The van der Waals surface area contributed by atoms with Crippen molar-refractivity contribution in [1.29, 1.82) is 0 Å². The molecule has 0 spiro atoms. The van der Waals surface area contributed by atoms with Crippen molar-refractivity contribution in [2.75, 3.05) is 51.5 Å². The fourth-order valence-corrected chi connectivity index (χ4v) is 2.38. The Labute approximate surface area is 149 Å². The van der Waals surface area contributed by atoms with Gasteiger partial charge in [-0.05, 0) is 12.8 Å². The van der Waals surface area contributed by atoms with E-state index in [4.69, 9.17) is 9.47 Å². The van der Waals surface area contributed by atoms with E-state index in [1.165, 1.54) is 0 Å². The van der Waals surface area contributed by atoms with Gasteiger partial charge in [-0.3, -0.25) is 4.99 Å². The van der Waals surface area contributed by atoms with E-state index in [9.17, 15) is 0 Å². The maximum Gasteiger partial charge on any atom is 0.191 e. The highest BCUT2D eigenvalue weighted by Gasteiger charge is 2.15. The van der Waals surface area contributed by atoms with Gasteiger partial charge in [-0.2, -0.15) is 11.8 Å². The van der Waals surface area contributed by atoms with Crippen LogP contribution < -0.4 is 10.6 Å². The monoisotopic (exact) mass is 429 g/mol. The zero-order chi connectivity index (χ0) is 14.5. The topological polar surface area (TPSA) is 54.9 Å². The van der Waals surface area contributed by atoms with Gasteiger partial charge in [0, 0.05) is 44.9 Å². The minimum absolute atomic E-state index is 0. The van der Waals surface area contributed by atoms with Crippen molar-refractivity contribution in [3.05, 3.63) is 12.7 Å². The third kappa shape index (κ3) is 11.3. The highest BCUT2D eigenvalue weighted by Crippen LogP contribution is 2.07. The predicted octanol–water partition coefficient (Wildman–Crippen LogP) is 1.88. The van der Waals surface area contributed by atoms with Crippen LogP contribution in [0.25, 0.3) is 0 Å². The van der Waals surface area contributed by atoms with Gasteiger partial charge in [-0.1, -0.05) is 6.08 Å². The van der Waals surface area contributed by atoms with Gasteiger partial charge in [0.1, 0.15) is 0 Å². The molecule has 0 aromatic carbocycles. The molecule has 124 valence electrons. The Morgan fingerprint density at radius 3 is 2.95 bits per heavy atom. The van der Waals surface area contributed by atoms with Gasteiger partial charge in [0.05, 0.1) is 12.7 Å². The van der Waals surface area contributed by atoms with E-state index < -0.39 is 0 Å². The average Bonchev–Trinajstić information content (AvgIpc) is 2.97. The second-order valence-corrected chi connectivity index (χ2v) is 5.65. The summed E-state index contributed by atoms with van der Waals surface area (Å²) in [5.41, 5.74) is 0. The van der Waals surface area contributed by atoms with Crippen LogP contribution in [0.2, 0.25) is 0 Å². The minimum Gasteiger partial charge on any atom is -0.379 e. The van der Waals surface area contributed by atoms with Crippen molar-refractivity contribution < 1.29 is 9.47 Å². The van der Waals surface area contributed by atoms with Crippen molar-refractivity contribution in [2.24, 2.45) is 4.99 Å². The third-order valence-corrected chi connectivity index (χ3v) is 3.82. The summed E-state index contributed by atoms with van der Waals surface area (Å²) in [5.74, 6) is 2.90. The summed E-state index contributed by atoms with van der Waals surface area (Å²) in [7, 11) is 1.79. The molecule has 1 aliphatic heterocycles. The molecule has 21 heavy (non-hydrogen) atoms. The average molecular weight is 429 g/mol. The van der Waals surface area contributed by atoms with Crippen LogP contribution in [-0.2, 0) is 9.47 Å². The van der Waals surface area contributed by atoms with Crippen molar-refractivity contribution in [3.8, 4) is 0 Å². The Morgan fingerprint density at radius 2 is 2.29 bits per heavy atom. The molecule has 1 rings (SSSR count). The quantitative estimate of drug-likeness (QED) is 0.183. The standard InChI is InChI=1S/C14H27N3O2S.HI/c1-3-10-20-11-7-17-14(15-2)16-6-4-8-19-13-5-9-18-12-13;/h3,13H,1,4-12H2,2H3,(H2,15,16,17);1H. The van der Waals surface area contributed by atoms with E-state index in [0.29, 0.717) is 6.10 Å². The van der Waals surface area contributed by atoms with Crippen LogP contribution in [-0.4, -0.2) is 63.5 Å². The van der Waals surface area contributed by atoms with Gasteiger partial charge < -0.3 is 20.1 Å². The molecule has 1 heterocycles. The van der Waals surface area contributed by atoms with Gasteiger partial charge >= 0.3 is 0 Å². The number of hydrogen-bond donors (Lipinski definition) is 2. The maximum absolute atomic E-state index is 5.71. The van der Waals surface area contributed by atoms with Crippen LogP contribution in [0.3, 0.4) is 0 Å². The molecule has 0 radical (unpaired) electrons. The van der Waals surface area contributed by atoms with Crippen LogP contribution in [0.15, 0.2) is 17.6 Å². The normalized spacial score (nSPS) is 18.1. The van der Waals surface area contributed by atoms with E-state index in [1.807, 2.05) is 17.8 Å². The molecule has 0 saturated carbocycles. The van der Waals surface area contributed by atoms with Crippen molar-refractivity contribution in [1.82, 2.24) is 10.6 Å². The fraction of sp³-hybridized carbons (Fsp3) is 0.786. The molecular weight excluding hydrogens is 401 g/mol. The first-order valence-corrected chi connectivity index (χ1v) is 8.34. The molecule has 5 nitrogen and oxygen atoms in total. The summed E-state index contributed by atoms with van der Waals surface area (Å²) in [6, 6.07) is 0. The lowest BCUT2D eigenvalue weighted by atomic mass is 10.3. The molecule has 1 atom stereocenters. The van der Waals surface area contributed by atoms with Crippen molar-refractivity contribution in [2.45, 2.75) is 18.9 Å². The van der Waals surface area contributed by atoms with Crippen molar-refractivity contribution in [3.63, 3.8) is 0 Å². The molecule has 0 bridgehead atoms. The number of halogens is 1. The first-order chi connectivity index (χ1) is 9.86. The number of nitrogens with one attached hydrogen (secondary N) is 2. The molecule has 0 aromatic heterocycles. The molecule has 0 aliphatic carbocycles. The SMILES string of the molecule is C=CCSCCNC(=NC)NCCCOC1CCOC1.I. The van der Waals surface area contributed by atoms with E-state index in [0.717, 1.165) is 63.2 Å². The van der Waals surface area contributed by atoms with E-state index in [1.54, 1.807) is 7.05 Å². The first kappa shape index (κ1) is 21.0. The number of nitrogens with zero attached hydrogens (tertiary/aromatic N) is 1. The summed E-state index contributed by atoms with van der Waals surface area (Å²) in [6.45, 7) is 7.83. The molecule has 0 aromatic rings. The molecule has 0 amide bonds. The van der Waals surface area contributed by atoms with Gasteiger partial charge in [0.25, 0.3) is 0 Å². The number of rotatable bonds is 10. The number of ether oxygens (including phenoxy) is 2. The Hall–Kier alpha value is 0.01000. The maximum atomic E-state index is 5.71. The summed E-state index contributed by atoms with van der Waals surface area (Å²) >= 11 is 1.86. The summed E-state index contributed by atoms with van der Waals surface area (Å²) in [4.78, 5) is 4.19. The molecule has 1 unspecified atom stereocenters. The van der Waals surface area contributed by atoms with Crippen LogP contribution in [0.1, 0.15) is 12.8 Å². The fourth-order valence-electron chi connectivity index (χ4n) is 1.80. The highest BCUT2D eigenvalue weighted by atomic mass is 127. The molecule has 1 fully saturated rings. The number of aliphatic imine (C=N–C) groups is 1. The summed E-state index contributed by atoms with van der Waals surface area (Å²) < 4.78 is 11.0. The lowest BCUT2D eigenvalue weighted by Crippen LogP contribution is -2.39. The molecule has 1 saturated heterocycles. The first-order valence-electron chi connectivity index (χ1n) is 7.19. The Bertz CT molecular complexity index is 287. The lowest BCUT2D eigenvalue weighted by molar-refractivity contribution is 0.0420. The predicted molar refractivity (Wildman–Crippen MR) is 102 cm³/mol. The number of thioether (sulfide) groups is 1. The van der Waals surface area contributed by atoms with Gasteiger partial charge in [0.2, 0.25) is 0 Å². The largest absolute Gasteiger partial charge is 0.379 e. The minimum atomic E-state index is 0. The molecule has 7 heteroatoms. The van der Waals surface area contributed by atoms with Crippen LogP contribution >= 0.6 is 35.7 Å². The molecule has 2 N–H and O–H groups in total. The Morgan fingerprint density at radius 1 is 1.48 bits per heavy atom. The van der Waals surface area contributed by atoms with Crippen LogP contribution in [0, 0.1) is 0 Å². The van der Waals surface area contributed by atoms with E-state index in [-0.39, 0.29) is 24.0 Å². The van der Waals surface area contributed by atoms with E-state index >= 15 is 0 Å². The van der Waals surface area contributed by atoms with E-state index in [2.05, 4.69) is 22.2 Å².